The van der Waals surface area contributed by atoms with Crippen molar-refractivity contribution >= 4 is 28.4 Å². The standard InChI is InChI=1S/C16H23NO5S/c1-4-13-7-5-6-11(2)16(13)17(12(3)8-18)14(19)9-23(22)10-15(20)21/h5-7,12,18H,4,8-10H2,1-3H3,(H,20,21)/t12-,23?/m0/s1. The molecule has 0 aliphatic carbocycles. The van der Waals surface area contributed by atoms with E-state index in [-0.39, 0.29) is 12.4 Å². The molecule has 1 unspecified atom stereocenters. The largest absolute Gasteiger partial charge is 0.481 e. The second-order valence-corrected chi connectivity index (χ2v) is 6.81. The first-order chi connectivity index (χ1) is 10.8. The van der Waals surface area contributed by atoms with Crippen LogP contribution in [0, 0.1) is 6.92 Å². The van der Waals surface area contributed by atoms with Gasteiger partial charge in [-0.05, 0) is 31.4 Å². The van der Waals surface area contributed by atoms with Crippen molar-refractivity contribution in [2.45, 2.75) is 33.2 Å². The molecule has 2 atom stereocenters. The van der Waals surface area contributed by atoms with Gasteiger partial charge in [0.2, 0.25) is 5.91 Å². The van der Waals surface area contributed by atoms with Gasteiger partial charge in [-0.2, -0.15) is 0 Å². The van der Waals surface area contributed by atoms with Crippen LogP contribution >= 0.6 is 0 Å². The van der Waals surface area contributed by atoms with E-state index in [2.05, 4.69) is 0 Å². The van der Waals surface area contributed by atoms with E-state index in [4.69, 9.17) is 5.11 Å². The zero-order valence-corrected chi connectivity index (χ0v) is 14.4. The number of anilines is 1. The van der Waals surface area contributed by atoms with Crippen LogP contribution in [0.5, 0.6) is 0 Å². The molecule has 128 valence electrons. The van der Waals surface area contributed by atoms with E-state index in [1.807, 2.05) is 32.0 Å². The lowest BCUT2D eigenvalue weighted by molar-refractivity contribution is -0.133. The van der Waals surface area contributed by atoms with Crippen LogP contribution < -0.4 is 4.90 Å². The van der Waals surface area contributed by atoms with Gasteiger partial charge in [0.05, 0.1) is 18.3 Å². The zero-order valence-electron chi connectivity index (χ0n) is 13.6. The maximum absolute atomic E-state index is 12.6. The number of rotatable bonds is 8. The summed E-state index contributed by atoms with van der Waals surface area (Å²) in [5, 5.41) is 18.2. The summed E-state index contributed by atoms with van der Waals surface area (Å²) in [6.45, 7) is 5.29. The fraction of sp³-hybridized carbons (Fsp3) is 0.500. The number of benzene rings is 1. The van der Waals surface area contributed by atoms with Crippen molar-refractivity contribution in [3.05, 3.63) is 29.3 Å². The molecule has 0 saturated carbocycles. The van der Waals surface area contributed by atoms with Crippen molar-refractivity contribution < 1.29 is 24.0 Å². The van der Waals surface area contributed by atoms with E-state index in [0.717, 1.165) is 11.1 Å². The van der Waals surface area contributed by atoms with Gasteiger partial charge in [0.1, 0.15) is 11.5 Å². The first-order valence-electron chi connectivity index (χ1n) is 7.39. The molecule has 23 heavy (non-hydrogen) atoms. The van der Waals surface area contributed by atoms with E-state index in [1.165, 1.54) is 4.90 Å². The molecule has 0 aliphatic heterocycles. The molecule has 0 spiro atoms. The van der Waals surface area contributed by atoms with Gasteiger partial charge in [-0.15, -0.1) is 0 Å². The van der Waals surface area contributed by atoms with Crippen LogP contribution in [0.15, 0.2) is 18.2 Å². The first-order valence-corrected chi connectivity index (χ1v) is 8.88. The Morgan fingerprint density at radius 1 is 1.30 bits per heavy atom. The highest BCUT2D eigenvalue weighted by Crippen LogP contribution is 2.28. The number of hydrogen-bond acceptors (Lipinski definition) is 4. The highest BCUT2D eigenvalue weighted by Gasteiger charge is 2.26. The predicted molar refractivity (Wildman–Crippen MR) is 90.1 cm³/mol. The Labute approximate surface area is 138 Å². The maximum atomic E-state index is 12.6. The van der Waals surface area contributed by atoms with E-state index in [9.17, 15) is 18.9 Å². The fourth-order valence-electron chi connectivity index (χ4n) is 2.42. The van der Waals surface area contributed by atoms with Gasteiger partial charge in [0.25, 0.3) is 0 Å². The molecular formula is C16H23NO5S. The molecule has 1 rings (SSSR count). The van der Waals surface area contributed by atoms with Crippen molar-refractivity contribution in [1.82, 2.24) is 0 Å². The molecule has 0 fully saturated rings. The predicted octanol–water partition coefficient (Wildman–Crippen LogP) is 1.10. The van der Waals surface area contributed by atoms with Crippen LogP contribution in [0.4, 0.5) is 5.69 Å². The summed E-state index contributed by atoms with van der Waals surface area (Å²) < 4.78 is 11.8. The molecule has 0 saturated heterocycles. The van der Waals surface area contributed by atoms with Gasteiger partial charge in [0, 0.05) is 10.8 Å². The van der Waals surface area contributed by atoms with E-state index in [1.54, 1.807) is 6.92 Å². The Morgan fingerprint density at radius 2 is 1.96 bits per heavy atom. The van der Waals surface area contributed by atoms with E-state index >= 15 is 0 Å². The number of hydrogen-bond donors (Lipinski definition) is 2. The van der Waals surface area contributed by atoms with E-state index < -0.39 is 34.5 Å². The Hall–Kier alpha value is -1.73. The summed E-state index contributed by atoms with van der Waals surface area (Å²) in [6, 6.07) is 5.18. The lowest BCUT2D eigenvalue weighted by Crippen LogP contribution is -2.44. The minimum atomic E-state index is -1.78. The molecule has 1 aromatic carbocycles. The Morgan fingerprint density at radius 3 is 2.48 bits per heavy atom. The number of aliphatic carboxylic acids is 1. The molecule has 0 aromatic heterocycles. The van der Waals surface area contributed by atoms with Gasteiger partial charge < -0.3 is 15.1 Å². The molecule has 0 heterocycles. The topological polar surface area (TPSA) is 94.9 Å². The zero-order chi connectivity index (χ0) is 17.6. The second-order valence-electron chi connectivity index (χ2n) is 5.35. The Kier molecular flexibility index (Phi) is 7.38. The van der Waals surface area contributed by atoms with Gasteiger partial charge in [-0.3, -0.25) is 13.8 Å². The summed E-state index contributed by atoms with van der Waals surface area (Å²) in [4.78, 5) is 24.6. The summed E-state index contributed by atoms with van der Waals surface area (Å²) in [7, 11) is -1.78. The average Bonchev–Trinajstić information content (AvgIpc) is 2.47. The average molecular weight is 341 g/mol. The number of aliphatic hydroxyl groups excluding tert-OH is 1. The highest BCUT2D eigenvalue weighted by molar-refractivity contribution is 7.86. The molecule has 0 aliphatic rings. The molecule has 0 radical (unpaired) electrons. The van der Waals surface area contributed by atoms with Crippen molar-refractivity contribution in [2.75, 3.05) is 23.0 Å². The van der Waals surface area contributed by atoms with Gasteiger partial charge >= 0.3 is 5.97 Å². The molecule has 1 aromatic rings. The number of carbonyl (C=O) groups is 2. The minimum absolute atomic E-state index is 0.241. The third-order valence-corrected chi connectivity index (χ3v) is 4.62. The number of carboxylic acid groups (broad SMARTS) is 1. The lowest BCUT2D eigenvalue weighted by Gasteiger charge is -2.31. The van der Waals surface area contributed by atoms with Crippen LogP contribution in [0.3, 0.4) is 0 Å². The van der Waals surface area contributed by atoms with Gasteiger partial charge in [-0.25, -0.2) is 0 Å². The molecule has 7 heteroatoms. The lowest BCUT2D eigenvalue weighted by atomic mass is 10.0. The molecular weight excluding hydrogens is 318 g/mol. The summed E-state index contributed by atoms with van der Waals surface area (Å²) >= 11 is 0. The van der Waals surface area contributed by atoms with Crippen molar-refractivity contribution in [1.29, 1.82) is 0 Å². The molecule has 1 amide bonds. The first kappa shape index (κ1) is 19.3. The second kappa shape index (κ2) is 8.79. The number of nitrogens with zero attached hydrogens (tertiary/aromatic N) is 1. The molecule has 2 N–H and O–H groups in total. The number of aryl methyl sites for hydroxylation is 2. The highest BCUT2D eigenvalue weighted by atomic mass is 32.2. The summed E-state index contributed by atoms with van der Waals surface area (Å²) in [5.74, 6) is -2.60. The number of carbonyl (C=O) groups excluding carboxylic acids is 1. The van der Waals surface area contributed by atoms with Crippen molar-refractivity contribution in [3.63, 3.8) is 0 Å². The van der Waals surface area contributed by atoms with Crippen LogP contribution in [-0.4, -0.2) is 50.5 Å². The Bertz CT molecular complexity index is 602. The van der Waals surface area contributed by atoms with E-state index in [0.29, 0.717) is 12.1 Å². The minimum Gasteiger partial charge on any atom is -0.481 e. The van der Waals surface area contributed by atoms with Crippen LogP contribution in [-0.2, 0) is 26.8 Å². The van der Waals surface area contributed by atoms with Gasteiger partial charge in [0.15, 0.2) is 0 Å². The number of carboxylic acids is 1. The SMILES string of the molecule is CCc1cccc(C)c1N(C(=O)CS(=O)CC(=O)O)[C@@H](C)CO. The summed E-state index contributed by atoms with van der Waals surface area (Å²) in [5.41, 5.74) is 2.53. The third kappa shape index (κ3) is 5.14. The Balaban J connectivity index is 3.18. The monoisotopic (exact) mass is 341 g/mol. The number of aliphatic hydroxyl groups is 1. The van der Waals surface area contributed by atoms with Crippen LogP contribution in [0.1, 0.15) is 25.0 Å². The smallest absolute Gasteiger partial charge is 0.316 e. The number of para-hydroxylation sites is 1. The van der Waals surface area contributed by atoms with Gasteiger partial charge in [-0.1, -0.05) is 25.1 Å². The number of amides is 1. The molecule has 6 nitrogen and oxygen atoms in total. The third-order valence-electron chi connectivity index (χ3n) is 3.49. The van der Waals surface area contributed by atoms with Crippen molar-refractivity contribution in [2.24, 2.45) is 0 Å². The maximum Gasteiger partial charge on any atom is 0.316 e. The summed E-state index contributed by atoms with van der Waals surface area (Å²) in [6.07, 6.45) is 0.706. The fourth-order valence-corrected chi connectivity index (χ4v) is 3.21. The van der Waals surface area contributed by atoms with Crippen LogP contribution in [0.25, 0.3) is 0 Å². The quantitative estimate of drug-likeness (QED) is 0.738. The van der Waals surface area contributed by atoms with Crippen molar-refractivity contribution in [3.8, 4) is 0 Å². The van der Waals surface area contributed by atoms with Crippen LogP contribution in [0.2, 0.25) is 0 Å². The molecule has 0 bridgehead atoms. The normalized spacial score (nSPS) is 13.4.